The van der Waals surface area contributed by atoms with Crippen LogP contribution >= 0.6 is 11.3 Å². The van der Waals surface area contributed by atoms with Crippen LogP contribution in [0.15, 0.2) is 53.9 Å². The molecule has 3 rings (SSSR count). The molecule has 2 aromatic carbocycles. The maximum atomic E-state index is 10.3. The predicted octanol–water partition coefficient (Wildman–Crippen LogP) is 4.36. The van der Waals surface area contributed by atoms with Gasteiger partial charge in [-0.1, -0.05) is 48.0 Å². The van der Waals surface area contributed by atoms with E-state index < -0.39 is 0 Å². The highest BCUT2D eigenvalue weighted by Gasteiger charge is 2.10. The van der Waals surface area contributed by atoms with Gasteiger partial charge >= 0.3 is 0 Å². The summed E-state index contributed by atoms with van der Waals surface area (Å²) >= 11 is 1.75. The summed E-state index contributed by atoms with van der Waals surface area (Å²) < 4.78 is 1.30. The summed E-state index contributed by atoms with van der Waals surface area (Å²) in [5.74, 6) is 0. The normalized spacial score (nSPS) is 12.7. The van der Waals surface area contributed by atoms with E-state index in [-0.39, 0.29) is 6.10 Å². The van der Waals surface area contributed by atoms with Crippen LogP contribution in [0.2, 0.25) is 0 Å². The molecule has 0 aliphatic heterocycles. The second-order valence-electron chi connectivity index (χ2n) is 5.30. The van der Waals surface area contributed by atoms with E-state index in [0.29, 0.717) is 6.42 Å². The van der Waals surface area contributed by atoms with Crippen LogP contribution in [0.5, 0.6) is 0 Å². The third-order valence-corrected chi connectivity index (χ3v) is 4.62. The zero-order valence-corrected chi connectivity index (χ0v) is 12.4. The monoisotopic (exact) mass is 282 g/mol. The summed E-state index contributed by atoms with van der Waals surface area (Å²) in [5.41, 5.74) is 3.71. The Bertz CT molecular complexity index is 697. The van der Waals surface area contributed by atoms with Gasteiger partial charge in [0.1, 0.15) is 0 Å². The summed E-state index contributed by atoms with van der Waals surface area (Å²) in [6.07, 6.45) is 1.11. The maximum Gasteiger partial charge on any atom is 0.0621 e. The van der Waals surface area contributed by atoms with Gasteiger partial charge in [-0.2, -0.15) is 0 Å². The van der Waals surface area contributed by atoms with Crippen molar-refractivity contribution in [2.24, 2.45) is 0 Å². The van der Waals surface area contributed by atoms with Gasteiger partial charge in [0, 0.05) is 11.1 Å². The smallest absolute Gasteiger partial charge is 0.0621 e. The number of aryl methyl sites for hydroxylation is 1. The molecule has 102 valence electrons. The molecule has 1 atom stereocenters. The van der Waals surface area contributed by atoms with E-state index in [2.05, 4.69) is 60.8 Å². The van der Waals surface area contributed by atoms with Gasteiger partial charge < -0.3 is 5.11 Å². The van der Waals surface area contributed by atoms with Gasteiger partial charge in [-0.05, 0) is 41.3 Å². The Morgan fingerprint density at radius 2 is 1.75 bits per heavy atom. The first-order valence-electron chi connectivity index (χ1n) is 6.91. The average Bonchev–Trinajstić information content (AvgIpc) is 2.85. The Morgan fingerprint density at radius 3 is 2.55 bits per heavy atom. The van der Waals surface area contributed by atoms with Gasteiger partial charge in [0.2, 0.25) is 0 Å². The molecule has 1 heterocycles. The van der Waals surface area contributed by atoms with E-state index in [1.807, 2.05) is 0 Å². The van der Waals surface area contributed by atoms with E-state index in [0.717, 1.165) is 6.42 Å². The molecule has 0 spiro atoms. The maximum absolute atomic E-state index is 10.3. The number of thiophene rings is 1. The number of aliphatic hydroxyl groups excluding tert-OH is 1. The van der Waals surface area contributed by atoms with Crippen molar-refractivity contribution in [2.75, 3.05) is 0 Å². The van der Waals surface area contributed by atoms with Crippen molar-refractivity contribution in [3.05, 3.63) is 70.6 Å². The van der Waals surface area contributed by atoms with Crippen LogP contribution in [0.25, 0.3) is 10.1 Å². The largest absolute Gasteiger partial charge is 0.392 e. The van der Waals surface area contributed by atoms with Crippen LogP contribution in [0.3, 0.4) is 0 Å². The molecule has 0 amide bonds. The quantitative estimate of drug-likeness (QED) is 0.754. The van der Waals surface area contributed by atoms with Crippen molar-refractivity contribution in [1.29, 1.82) is 0 Å². The summed E-state index contributed by atoms with van der Waals surface area (Å²) in [7, 11) is 0. The van der Waals surface area contributed by atoms with E-state index in [1.165, 1.54) is 26.8 Å². The molecule has 1 unspecified atom stereocenters. The van der Waals surface area contributed by atoms with Gasteiger partial charge in [0.05, 0.1) is 6.10 Å². The Morgan fingerprint density at radius 1 is 1.00 bits per heavy atom. The third kappa shape index (κ3) is 2.92. The van der Waals surface area contributed by atoms with Gasteiger partial charge in [-0.25, -0.2) is 0 Å². The molecule has 0 aliphatic rings. The standard InChI is InChI=1S/C18H18OS/c1-13-6-8-14(9-7-13)10-16(19)11-15-12-20-18-5-3-2-4-17(15)18/h2-9,12,16,19H,10-11H2,1H3. The van der Waals surface area contributed by atoms with E-state index in [1.54, 1.807) is 11.3 Å². The Balaban J connectivity index is 1.72. The van der Waals surface area contributed by atoms with E-state index in [9.17, 15) is 5.11 Å². The van der Waals surface area contributed by atoms with Gasteiger partial charge in [-0.15, -0.1) is 11.3 Å². The molecular formula is C18H18OS. The van der Waals surface area contributed by atoms with Crippen LogP contribution in [0.4, 0.5) is 0 Å². The zero-order chi connectivity index (χ0) is 13.9. The lowest BCUT2D eigenvalue weighted by atomic mass is 10.0. The van der Waals surface area contributed by atoms with Crippen LogP contribution in [0.1, 0.15) is 16.7 Å². The van der Waals surface area contributed by atoms with Crippen molar-refractivity contribution in [3.63, 3.8) is 0 Å². The highest BCUT2D eigenvalue weighted by molar-refractivity contribution is 7.17. The molecule has 0 saturated carbocycles. The Kier molecular flexibility index (Phi) is 3.86. The fourth-order valence-corrected chi connectivity index (χ4v) is 3.49. The highest BCUT2D eigenvalue weighted by Crippen LogP contribution is 2.27. The molecule has 0 fully saturated rings. The molecule has 2 heteroatoms. The topological polar surface area (TPSA) is 20.2 Å². The van der Waals surface area contributed by atoms with Crippen molar-refractivity contribution in [3.8, 4) is 0 Å². The van der Waals surface area contributed by atoms with Crippen LogP contribution in [-0.4, -0.2) is 11.2 Å². The first-order valence-corrected chi connectivity index (χ1v) is 7.79. The van der Waals surface area contributed by atoms with Crippen LogP contribution in [-0.2, 0) is 12.8 Å². The second-order valence-corrected chi connectivity index (χ2v) is 6.22. The molecule has 1 nitrogen and oxygen atoms in total. The third-order valence-electron chi connectivity index (χ3n) is 3.61. The molecule has 1 aromatic heterocycles. The van der Waals surface area contributed by atoms with Crippen LogP contribution in [0, 0.1) is 6.92 Å². The van der Waals surface area contributed by atoms with Crippen LogP contribution < -0.4 is 0 Å². The molecule has 0 radical (unpaired) electrons. The first kappa shape index (κ1) is 13.3. The summed E-state index contributed by atoms with van der Waals surface area (Å²) in [6.45, 7) is 2.08. The first-order chi connectivity index (χ1) is 9.72. The van der Waals surface area contributed by atoms with E-state index >= 15 is 0 Å². The number of fused-ring (bicyclic) bond motifs is 1. The van der Waals surface area contributed by atoms with Gasteiger partial charge in [0.25, 0.3) is 0 Å². The number of rotatable bonds is 4. The second kappa shape index (κ2) is 5.78. The number of hydrogen-bond donors (Lipinski definition) is 1. The minimum absolute atomic E-state index is 0.323. The molecule has 0 saturated heterocycles. The molecule has 0 aliphatic carbocycles. The highest BCUT2D eigenvalue weighted by atomic mass is 32.1. The van der Waals surface area contributed by atoms with E-state index in [4.69, 9.17) is 0 Å². The SMILES string of the molecule is Cc1ccc(CC(O)Cc2csc3ccccc23)cc1. The zero-order valence-electron chi connectivity index (χ0n) is 11.5. The summed E-state index contributed by atoms with van der Waals surface area (Å²) in [4.78, 5) is 0. The lowest BCUT2D eigenvalue weighted by Gasteiger charge is -2.10. The van der Waals surface area contributed by atoms with Crippen molar-refractivity contribution < 1.29 is 5.11 Å². The number of aliphatic hydroxyl groups is 1. The summed E-state index contributed by atoms with van der Waals surface area (Å²) in [5, 5.41) is 13.8. The lowest BCUT2D eigenvalue weighted by Crippen LogP contribution is -2.13. The molecular weight excluding hydrogens is 264 g/mol. The average molecular weight is 282 g/mol. The molecule has 1 N–H and O–H groups in total. The minimum Gasteiger partial charge on any atom is -0.392 e. The fourth-order valence-electron chi connectivity index (χ4n) is 2.51. The number of benzene rings is 2. The minimum atomic E-state index is -0.323. The molecule has 3 aromatic rings. The number of hydrogen-bond acceptors (Lipinski definition) is 2. The van der Waals surface area contributed by atoms with Crippen molar-refractivity contribution >= 4 is 21.4 Å². The predicted molar refractivity (Wildman–Crippen MR) is 86.4 cm³/mol. The Labute approximate surface area is 123 Å². The Hall–Kier alpha value is -1.64. The van der Waals surface area contributed by atoms with Gasteiger partial charge in [0.15, 0.2) is 0 Å². The molecule has 20 heavy (non-hydrogen) atoms. The molecule has 0 bridgehead atoms. The summed E-state index contributed by atoms with van der Waals surface area (Å²) in [6, 6.07) is 16.8. The fraction of sp³-hybridized carbons (Fsp3) is 0.222. The van der Waals surface area contributed by atoms with Crippen molar-refractivity contribution in [2.45, 2.75) is 25.9 Å². The van der Waals surface area contributed by atoms with Gasteiger partial charge in [-0.3, -0.25) is 0 Å². The lowest BCUT2D eigenvalue weighted by molar-refractivity contribution is 0.176. The van der Waals surface area contributed by atoms with Crippen molar-refractivity contribution in [1.82, 2.24) is 0 Å².